The SMILES string of the molecule is CC12C=CC(=O)C=C1CCC1C2C(O)CC2(C)C(C(=O)COP(=O)(O)O)CCC12.CC1CC/C=C/C(OC(=O)Nc2cccc(Cc3ccccc3)c2)CC1.O=CNCC(=O)O. The Hall–Kier alpha value is -4.72. The molecule has 15 heteroatoms. The van der Waals surface area contributed by atoms with Gasteiger partial charge >= 0.3 is 19.9 Å². The normalized spacial score (nSPS) is 30.3. The average molecular weight is 877 g/mol. The zero-order valence-electron chi connectivity index (χ0n) is 35.7. The number of anilines is 1. The highest BCUT2D eigenvalue weighted by Crippen LogP contribution is 2.66. The molecule has 5 aliphatic rings. The lowest BCUT2D eigenvalue weighted by molar-refractivity contribution is -0.141. The second-order valence-corrected chi connectivity index (χ2v) is 18.9. The molecule has 0 heterocycles. The fourth-order valence-corrected chi connectivity index (χ4v) is 10.8. The number of carboxylic acid groups (broad SMARTS) is 1. The number of rotatable bonds is 11. The van der Waals surface area contributed by atoms with Crippen LogP contribution in [-0.2, 0) is 39.4 Å². The molecule has 3 fully saturated rings. The Morgan fingerprint density at radius 1 is 0.968 bits per heavy atom. The molecule has 0 aliphatic heterocycles. The number of fused-ring (bicyclic) bond motifs is 5. The molecule has 9 atom stereocenters. The average Bonchev–Trinajstić information content (AvgIpc) is 3.56. The minimum absolute atomic E-state index is 0.00245. The molecule has 336 valence electrons. The molecular weight excluding hydrogens is 815 g/mol. The number of Topliss-reactive ketones (excluding diaryl/α,β-unsaturated/α-hetero) is 1. The minimum Gasteiger partial charge on any atom is -0.480 e. The Morgan fingerprint density at radius 3 is 2.40 bits per heavy atom. The number of aliphatic hydroxyl groups is 1. The zero-order chi connectivity index (χ0) is 45.1. The van der Waals surface area contributed by atoms with Crippen LogP contribution in [0.4, 0.5) is 10.5 Å². The van der Waals surface area contributed by atoms with Crippen molar-refractivity contribution in [3.63, 3.8) is 0 Å². The predicted molar refractivity (Wildman–Crippen MR) is 233 cm³/mol. The van der Waals surface area contributed by atoms with Gasteiger partial charge in [-0.05, 0) is 129 Å². The van der Waals surface area contributed by atoms with E-state index in [-0.39, 0.29) is 59.4 Å². The Labute approximate surface area is 363 Å². The summed E-state index contributed by atoms with van der Waals surface area (Å²) in [4.78, 5) is 73.6. The monoisotopic (exact) mass is 876 g/mol. The Morgan fingerprint density at radius 2 is 1.71 bits per heavy atom. The van der Waals surface area contributed by atoms with Gasteiger partial charge in [-0.1, -0.05) is 81.0 Å². The maximum atomic E-state index is 12.7. The lowest BCUT2D eigenvalue weighted by Gasteiger charge is -2.58. The van der Waals surface area contributed by atoms with E-state index in [1.807, 2.05) is 60.8 Å². The first-order valence-electron chi connectivity index (χ1n) is 21.4. The Kier molecular flexibility index (Phi) is 16.8. The predicted octanol–water partition coefficient (Wildman–Crippen LogP) is 7.34. The molecule has 5 aliphatic carbocycles. The number of amides is 2. The number of phosphoric ester groups is 1. The quantitative estimate of drug-likeness (QED) is 0.0741. The third-order valence-electron chi connectivity index (χ3n) is 13.4. The molecule has 2 aromatic carbocycles. The summed E-state index contributed by atoms with van der Waals surface area (Å²) in [5.74, 6) is -0.519. The number of carbonyl (C=O) groups is 5. The zero-order valence-corrected chi connectivity index (χ0v) is 36.6. The summed E-state index contributed by atoms with van der Waals surface area (Å²) in [5, 5.41) is 23.9. The van der Waals surface area contributed by atoms with Crippen molar-refractivity contribution in [2.24, 2.45) is 40.4 Å². The topological polar surface area (TPSA) is 226 Å². The van der Waals surface area contributed by atoms with Crippen LogP contribution >= 0.6 is 7.82 Å². The second-order valence-electron chi connectivity index (χ2n) is 17.7. The van der Waals surface area contributed by atoms with E-state index >= 15 is 0 Å². The van der Waals surface area contributed by atoms with E-state index in [2.05, 4.69) is 48.0 Å². The number of phosphoric acid groups is 1. The van der Waals surface area contributed by atoms with E-state index in [0.717, 1.165) is 61.8 Å². The van der Waals surface area contributed by atoms with Gasteiger partial charge in [-0.2, -0.15) is 0 Å². The number of carbonyl (C=O) groups excluding carboxylic acids is 4. The lowest BCUT2D eigenvalue weighted by atomic mass is 9.46. The largest absolute Gasteiger partial charge is 0.480 e. The summed E-state index contributed by atoms with van der Waals surface area (Å²) >= 11 is 0. The summed E-state index contributed by atoms with van der Waals surface area (Å²) in [6, 6.07) is 18.2. The molecule has 0 bridgehead atoms. The van der Waals surface area contributed by atoms with Gasteiger partial charge in [0.15, 0.2) is 11.6 Å². The first-order chi connectivity index (χ1) is 29.4. The van der Waals surface area contributed by atoms with E-state index < -0.39 is 31.9 Å². The van der Waals surface area contributed by atoms with Crippen LogP contribution in [-0.4, -0.2) is 75.4 Å². The molecule has 0 spiro atoms. The van der Waals surface area contributed by atoms with Gasteiger partial charge in [0.1, 0.15) is 19.3 Å². The highest BCUT2D eigenvalue weighted by molar-refractivity contribution is 7.46. The minimum atomic E-state index is -4.70. The fraction of sp³-hybridized carbons (Fsp3) is 0.511. The van der Waals surface area contributed by atoms with Crippen LogP contribution in [0.5, 0.6) is 0 Å². The molecule has 6 N–H and O–H groups in total. The van der Waals surface area contributed by atoms with Gasteiger partial charge in [-0.3, -0.25) is 29.0 Å². The van der Waals surface area contributed by atoms with Gasteiger partial charge in [-0.15, -0.1) is 0 Å². The first-order valence-corrected chi connectivity index (χ1v) is 23.0. The third-order valence-corrected chi connectivity index (χ3v) is 13.9. The van der Waals surface area contributed by atoms with Crippen molar-refractivity contribution >= 4 is 43.5 Å². The number of ether oxygens (including phenoxy) is 1. The van der Waals surface area contributed by atoms with Crippen LogP contribution in [0.3, 0.4) is 0 Å². The van der Waals surface area contributed by atoms with E-state index in [4.69, 9.17) is 19.6 Å². The van der Waals surface area contributed by atoms with Crippen LogP contribution in [0.1, 0.15) is 89.7 Å². The molecule has 7 rings (SSSR count). The molecule has 2 amide bonds. The molecule has 3 saturated carbocycles. The van der Waals surface area contributed by atoms with Gasteiger partial charge in [-0.25, -0.2) is 9.36 Å². The number of carboxylic acids is 1. The van der Waals surface area contributed by atoms with E-state index in [1.165, 1.54) is 12.0 Å². The first kappa shape index (κ1) is 48.3. The maximum Gasteiger partial charge on any atom is 0.470 e. The smallest absolute Gasteiger partial charge is 0.470 e. The van der Waals surface area contributed by atoms with E-state index in [0.29, 0.717) is 25.2 Å². The highest BCUT2D eigenvalue weighted by atomic mass is 31.2. The Bertz CT molecular complexity index is 2050. The molecule has 0 saturated heterocycles. The maximum absolute atomic E-state index is 12.7. The number of aliphatic hydroxyl groups excluding tert-OH is 1. The van der Waals surface area contributed by atoms with Crippen molar-refractivity contribution in [1.29, 1.82) is 0 Å². The summed E-state index contributed by atoms with van der Waals surface area (Å²) in [6.07, 6.45) is 17.4. The van der Waals surface area contributed by atoms with Crippen molar-refractivity contribution in [2.45, 2.75) is 97.2 Å². The van der Waals surface area contributed by atoms with E-state index in [9.17, 15) is 33.6 Å². The molecule has 0 aromatic heterocycles. The molecule has 2 aromatic rings. The van der Waals surface area contributed by atoms with Crippen molar-refractivity contribution in [3.8, 4) is 0 Å². The van der Waals surface area contributed by atoms with Crippen molar-refractivity contribution < 1.29 is 57.8 Å². The standard InChI is InChI=1S/C23H27NO2.C21H29O7P.C3H5NO3/c1-18-8-5-6-13-22(15-14-18)26-23(25)24-21-12-7-11-20(17-21)16-19-9-3-2-4-10-19;1-20-8-7-13(22)9-12(20)3-4-14-15-5-6-16(18(24)11-28-29(25,26)27)21(15,2)10-17(23)19(14)20;5-2-4-1-3(6)7/h2-4,6-7,9-13,17-18,22H,5,8,14-16H2,1H3,(H,24,25);7-9,14-17,19,23H,3-6,10-11H2,1-2H3,(H2,25,26,27);2H,1H2,(H,4,5)(H,6,7)/b13-6+;;. The number of nitrogens with one attached hydrogen (secondary N) is 2. The van der Waals surface area contributed by atoms with Gasteiger partial charge in [0.05, 0.1) is 6.10 Å². The van der Waals surface area contributed by atoms with Gasteiger partial charge < -0.3 is 30.1 Å². The number of ketones is 2. The van der Waals surface area contributed by atoms with Crippen LogP contribution in [0.2, 0.25) is 0 Å². The lowest BCUT2D eigenvalue weighted by Crippen LogP contribution is -2.56. The van der Waals surface area contributed by atoms with Crippen molar-refractivity contribution in [1.82, 2.24) is 5.32 Å². The summed E-state index contributed by atoms with van der Waals surface area (Å²) < 4.78 is 21.1. The highest BCUT2D eigenvalue weighted by Gasteiger charge is 2.62. The molecule has 0 radical (unpaired) electrons. The summed E-state index contributed by atoms with van der Waals surface area (Å²) in [5.41, 5.74) is 3.51. The van der Waals surface area contributed by atoms with Crippen molar-refractivity contribution in [2.75, 3.05) is 18.5 Å². The molecule has 62 heavy (non-hydrogen) atoms. The summed E-state index contributed by atoms with van der Waals surface area (Å²) in [7, 11) is -4.70. The second kappa shape index (κ2) is 21.6. The number of hydrogen-bond acceptors (Lipinski definition) is 9. The number of allylic oxidation sites excluding steroid dienone is 5. The summed E-state index contributed by atoms with van der Waals surface area (Å²) in [6.45, 7) is 5.50. The van der Waals surface area contributed by atoms with Crippen LogP contribution in [0.15, 0.2) is 90.6 Å². The number of hydrogen-bond donors (Lipinski definition) is 6. The van der Waals surface area contributed by atoms with E-state index in [1.54, 1.807) is 12.2 Å². The Balaban J connectivity index is 0.000000204. The van der Waals surface area contributed by atoms with Gasteiger partial charge in [0, 0.05) is 22.9 Å². The van der Waals surface area contributed by atoms with Gasteiger partial charge in [0.2, 0.25) is 6.41 Å². The number of aliphatic carboxylic acids is 1. The fourth-order valence-electron chi connectivity index (χ4n) is 10.5. The van der Waals surface area contributed by atoms with Crippen LogP contribution in [0, 0.1) is 40.4 Å². The van der Waals surface area contributed by atoms with Gasteiger partial charge in [0.25, 0.3) is 0 Å². The molecule has 14 nitrogen and oxygen atoms in total. The van der Waals surface area contributed by atoms with Crippen LogP contribution in [0.25, 0.3) is 0 Å². The molecule has 9 unspecified atom stereocenters. The van der Waals surface area contributed by atoms with Crippen LogP contribution < -0.4 is 10.6 Å². The van der Waals surface area contributed by atoms with Crippen molar-refractivity contribution in [3.05, 3.63) is 102 Å². The molecular formula is C47H61N2O12P. The number of benzene rings is 2. The third kappa shape index (κ3) is 12.9.